The molecule has 26 heavy (non-hydrogen) atoms. The molecule has 1 N–H and O–H groups in total. The number of carbonyl (C=O) groups is 3. The molecule has 2 fully saturated rings. The molecule has 0 bridgehead atoms. The number of rotatable bonds is 5. The van der Waals surface area contributed by atoms with E-state index in [1.807, 2.05) is 24.3 Å². The number of nitrogens with zero attached hydrogens (tertiary/aromatic N) is 2. The second-order valence-electron chi connectivity index (χ2n) is 7.40. The molecular weight excluding hydrogens is 336 g/mol. The molecule has 140 valence electrons. The fraction of sp³-hybridized carbons (Fsp3) is 0.526. The minimum absolute atomic E-state index is 0.0423. The maximum Gasteiger partial charge on any atom is 0.311 e. The molecule has 1 aromatic carbocycles. The van der Waals surface area contributed by atoms with Crippen molar-refractivity contribution in [3.05, 3.63) is 29.8 Å². The highest BCUT2D eigenvalue weighted by Crippen LogP contribution is 2.32. The van der Waals surface area contributed by atoms with E-state index in [-0.39, 0.29) is 24.8 Å². The van der Waals surface area contributed by atoms with Crippen molar-refractivity contribution in [2.75, 3.05) is 26.7 Å². The van der Waals surface area contributed by atoms with E-state index >= 15 is 0 Å². The second-order valence-corrected chi connectivity index (χ2v) is 7.40. The zero-order chi connectivity index (χ0) is 18.9. The van der Waals surface area contributed by atoms with Crippen LogP contribution in [0, 0.1) is 11.3 Å². The molecule has 0 spiro atoms. The van der Waals surface area contributed by atoms with E-state index in [1.165, 1.54) is 0 Å². The first-order valence-corrected chi connectivity index (χ1v) is 8.75. The molecule has 0 saturated carbocycles. The highest BCUT2D eigenvalue weighted by Gasteiger charge is 2.45. The van der Waals surface area contributed by atoms with E-state index in [9.17, 15) is 19.5 Å². The summed E-state index contributed by atoms with van der Waals surface area (Å²) in [6.07, 6.45) is 0.638. The number of methoxy groups -OCH3 is 1. The van der Waals surface area contributed by atoms with Crippen molar-refractivity contribution in [1.82, 2.24) is 9.80 Å². The number of hydrogen-bond donors (Lipinski definition) is 1. The van der Waals surface area contributed by atoms with Gasteiger partial charge in [0.05, 0.1) is 18.4 Å². The molecule has 2 aliphatic heterocycles. The van der Waals surface area contributed by atoms with Crippen molar-refractivity contribution in [1.29, 1.82) is 0 Å². The third-order valence-electron chi connectivity index (χ3n) is 5.40. The molecule has 2 saturated heterocycles. The Labute approximate surface area is 152 Å². The van der Waals surface area contributed by atoms with E-state index < -0.39 is 17.3 Å². The molecule has 2 atom stereocenters. The van der Waals surface area contributed by atoms with Crippen LogP contribution in [0.5, 0.6) is 5.75 Å². The molecule has 2 heterocycles. The summed E-state index contributed by atoms with van der Waals surface area (Å²) >= 11 is 0. The summed E-state index contributed by atoms with van der Waals surface area (Å²) in [4.78, 5) is 39.7. The molecule has 7 nitrogen and oxygen atoms in total. The smallest absolute Gasteiger partial charge is 0.311 e. The molecular formula is C19H24N2O5. The van der Waals surface area contributed by atoms with Crippen LogP contribution in [0.15, 0.2) is 24.3 Å². The van der Waals surface area contributed by atoms with Crippen LogP contribution in [0.4, 0.5) is 0 Å². The van der Waals surface area contributed by atoms with E-state index in [0.717, 1.165) is 11.3 Å². The zero-order valence-corrected chi connectivity index (χ0v) is 15.1. The van der Waals surface area contributed by atoms with Crippen LogP contribution >= 0.6 is 0 Å². The van der Waals surface area contributed by atoms with Crippen LogP contribution in [0.2, 0.25) is 0 Å². The molecule has 1 aromatic rings. The molecule has 7 heteroatoms. The van der Waals surface area contributed by atoms with Gasteiger partial charge in [-0.05, 0) is 31.0 Å². The topological polar surface area (TPSA) is 87.2 Å². The van der Waals surface area contributed by atoms with Crippen LogP contribution in [-0.2, 0) is 20.9 Å². The number of aliphatic carboxylic acids is 1. The number of ether oxygens (including phenoxy) is 1. The molecule has 0 radical (unpaired) electrons. The van der Waals surface area contributed by atoms with Crippen LogP contribution in [0.1, 0.15) is 25.3 Å². The van der Waals surface area contributed by atoms with Crippen molar-refractivity contribution in [3.63, 3.8) is 0 Å². The number of carboxylic acid groups (broad SMARTS) is 1. The fourth-order valence-electron chi connectivity index (χ4n) is 3.62. The Bertz CT molecular complexity index is 717. The normalized spacial score (nSPS) is 25.6. The van der Waals surface area contributed by atoms with Gasteiger partial charge >= 0.3 is 5.97 Å². The summed E-state index contributed by atoms with van der Waals surface area (Å²) in [6.45, 7) is 3.15. The van der Waals surface area contributed by atoms with Gasteiger partial charge in [0.25, 0.3) is 0 Å². The van der Waals surface area contributed by atoms with Crippen LogP contribution in [0.25, 0.3) is 0 Å². The van der Waals surface area contributed by atoms with E-state index in [0.29, 0.717) is 26.1 Å². The van der Waals surface area contributed by atoms with Crippen molar-refractivity contribution < 1.29 is 24.2 Å². The summed E-state index contributed by atoms with van der Waals surface area (Å²) < 4.78 is 5.13. The van der Waals surface area contributed by atoms with Crippen LogP contribution < -0.4 is 4.74 Å². The van der Waals surface area contributed by atoms with E-state index in [4.69, 9.17) is 4.74 Å². The molecule has 2 amide bonds. The lowest BCUT2D eigenvalue weighted by Gasteiger charge is -2.23. The average molecular weight is 360 g/mol. The van der Waals surface area contributed by atoms with Gasteiger partial charge in [0.2, 0.25) is 11.8 Å². The number of carboxylic acids is 1. The average Bonchev–Trinajstić information content (AvgIpc) is 3.20. The van der Waals surface area contributed by atoms with Gasteiger partial charge in [0, 0.05) is 32.6 Å². The number of amides is 2. The van der Waals surface area contributed by atoms with Gasteiger partial charge in [-0.3, -0.25) is 14.4 Å². The number of carbonyl (C=O) groups excluding carboxylic acids is 2. The van der Waals surface area contributed by atoms with Crippen molar-refractivity contribution in [3.8, 4) is 5.75 Å². The van der Waals surface area contributed by atoms with Crippen LogP contribution in [-0.4, -0.2) is 59.4 Å². The maximum atomic E-state index is 12.7. The summed E-state index contributed by atoms with van der Waals surface area (Å²) in [6, 6.07) is 7.49. The summed E-state index contributed by atoms with van der Waals surface area (Å²) in [5.74, 6) is -0.668. The third-order valence-corrected chi connectivity index (χ3v) is 5.40. The van der Waals surface area contributed by atoms with Gasteiger partial charge in [-0.15, -0.1) is 0 Å². The first kappa shape index (κ1) is 18.2. The van der Waals surface area contributed by atoms with Gasteiger partial charge in [-0.1, -0.05) is 12.1 Å². The van der Waals surface area contributed by atoms with Gasteiger partial charge in [0.15, 0.2) is 0 Å². The number of hydrogen-bond acceptors (Lipinski definition) is 4. The molecule has 2 unspecified atom stereocenters. The Morgan fingerprint density at radius 2 is 2.00 bits per heavy atom. The fourth-order valence-corrected chi connectivity index (χ4v) is 3.62. The first-order valence-electron chi connectivity index (χ1n) is 8.75. The highest BCUT2D eigenvalue weighted by atomic mass is 16.5. The summed E-state index contributed by atoms with van der Waals surface area (Å²) in [5.41, 5.74) is 0.0907. The van der Waals surface area contributed by atoms with Crippen LogP contribution in [0.3, 0.4) is 0 Å². The van der Waals surface area contributed by atoms with Gasteiger partial charge in [0.1, 0.15) is 5.75 Å². The molecule has 0 aromatic heterocycles. The molecule has 2 aliphatic rings. The largest absolute Gasteiger partial charge is 0.497 e. The van der Waals surface area contributed by atoms with Crippen molar-refractivity contribution in [2.24, 2.45) is 11.3 Å². The Morgan fingerprint density at radius 1 is 1.31 bits per heavy atom. The molecule has 0 aliphatic carbocycles. The standard InChI is InChI=1S/C19H24N2O5/c1-19(18(24)25)7-8-20(12-19)17(23)14-9-16(22)21(11-14)10-13-3-5-15(26-2)6-4-13/h3-6,14H,7-12H2,1-2H3,(H,24,25). The number of benzene rings is 1. The van der Waals surface area contributed by atoms with Gasteiger partial charge in [-0.25, -0.2) is 0 Å². The predicted octanol–water partition coefficient (Wildman–Crippen LogP) is 1.37. The second kappa shape index (κ2) is 6.97. The summed E-state index contributed by atoms with van der Waals surface area (Å²) in [7, 11) is 1.60. The van der Waals surface area contributed by atoms with Crippen molar-refractivity contribution in [2.45, 2.75) is 26.3 Å². The Kier molecular flexibility index (Phi) is 4.89. The summed E-state index contributed by atoms with van der Waals surface area (Å²) in [5, 5.41) is 9.31. The quantitative estimate of drug-likeness (QED) is 0.857. The Morgan fingerprint density at radius 3 is 2.58 bits per heavy atom. The lowest BCUT2D eigenvalue weighted by molar-refractivity contribution is -0.147. The third kappa shape index (κ3) is 3.52. The minimum Gasteiger partial charge on any atom is -0.497 e. The maximum absolute atomic E-state index is 12.7. The Balaban J connectivity index is 1.60. The zero-order valence-electron chi connectivity index (χ0n) is 15.1. The predicted molar refractivity (Wildman–Crippen MR) is 93.5 cm³/mol. The minimum atomic E-state index is -0.888. The van der Waals surface area contributed by atoms with E-state index in [2.05, 4.69) is 0 Å². The monoisotopic (exact) mass is 360 g/mol. The lowest BCUT2D eigenvalue weighted by atomic mass is 9.90. The van der Waals surface area contributed by atoms with E-state index in [1.54, 1.807) is 23.8 Å². The molecule has 3 rings (SSSR count). The van der Waals surface area contributed by atoms with Gasteiger partial charge < -0.3 is 19.6 Å². The SMILES string of the molecule is COc1ccc(CN2CC(C(=O)N3CCC(C)(C(=O)O)C3)CC2=O)cc1. The lowest BCUT2D eigenvalue weighted by Crippen LogP contribution is -2.38. The van der Waals surface area contributed by atoms with Gasteiger partial charge in [-0.2, -0.15) is 0 Å². The Hall–Kier alpha value is -2.57. The van der Waals surface area contributed by atoms with Crippen molar-refractivity contribution >= 4 is 17.8 Å². The number of likely N-dealkylation sites (tertiary alicyclic amines) is 2. The first-order chi connectivity index (χ1) is 12.3. The highest BCUT2D eigenvalue weighted by molar-refractivity contribution is 5.90.